The second-order valence-electron chi connectivity index (χ2n) is 8.25. The molecule has 0 saturated carbocycles. The summed E-state index contributed by atoms with van der Waals surface area (Å²) in [6.07, 6.45) is 0. The van der Waals surface area contributed by atoms with E-state index in [9.17, 15) is 9.59 Å². The number of anilines is 1. The van der Waals surface area contributed by atoms with E-state index in [1.807, 2.05) is 24.0 Å². The molecule has 7 nitrogen and oxygen atoms in total. The molecule has 1 aromatic carbocycles. The fourth-order valence-corrected chi connectivity index (χ4v) is 3.78. The van der Waals surface area contributed by atoms with Crippen LogP contribution in [-0.4, -0.2) is 91.6 Å². The Morgan fingerprint density at radius 3 is 2.17 bits per heavy atom. The van der Waals surface area contributed by atoms with E-state index in [0.29, 0.717) is 38.8 Å². The minimum absolute atomic E-state index is 0.0140. The largest absolute Gasteiger partial charge is 0.378 e. The molecule has 0 spiro atoms. The van der Waals surface area contributed by atoms with Crippen molar-refractivity contribution >= 4 is 17.5 Å². The Morgan fingerprint density at radius 1 is 0.966 bits per heavy atom. The first kappa shape index (κ1) is 21.7. The number of rotatable bonds is 6. The molecule has 7 heteroatoms. The number of piperazine rings is 1. The van der Waals surface area contributed by atoms with Gasteiger partial charge >= 0.3 is 0 Å². The molecule has 0 aliphatic carbocycles. The average Bonchev–Trinajstić information content (AvgIpc) is 2.74. The summed E-state index contributed by atoms with van der Waals surface area (Å²) in [5, 5.41) is 3.02. The molecule has 0 radical (unpaired) electrons. The van der Waals surface area contributed by atoms with Crippen LogP contribution in [0.3, 0.4) is 0 Å². The lowest BCUT2D eigenvalue weighted by atomic mass is 10.0. The van der Waals surface area contributed by atoms with Gasteiger partial charge in [-0.25, -0.2) is 0 Å². The lowest BCUT2D eigenvalue weighted by molar-refractivity contribution is -0.137. The van der Waals surface area contributed by atoms with Crippen LogP contribution >= 0.6 is 0 Å². The van der Waals surface area contributed by atoms with Gasteiger partial charge in [-0.15, -0.1) is 0 Å². The SMILES string of the molecule is CC(C)c1ccc(NC(=O)[C@H](C)N2CCN(CC(=O)N3CCOCC3)CC2)cc1. The third-order valence-electron chi connectivity index (χ3n) is 5.90. The second-order valence-corrected chi connectivity index (χ2v) is 8.25. The number of hydrogen-bond acceptors (Lipinski definition) is 5. The minimum atomic E-state index is -0.197. The van der Waals surface area contributed by atoms with Crippen molar-refractivity contribution in [2.24, 2.45) is 0 Å². The molecule has 29 heavy (non-hydrogen) atoms. The predicted molar refractivity (Wildman–Crippen MR) is 114 cm³/mol. The molecule has 2 aliphatic heterocycles. The van der Waals surface area contributed by atoms with Gasteiger partial charge in [0.05, 0.1) is 25.8 Å². The monoisotopic (exact) mass is 402 g/mol. The highest BCUT2D eigenvalue weighted by atomic mass is 16.5. The molecule has 1 atom stereocenters. The number of benzene rings is 1. The number of nitrogens with zero attached hydrogens (tertiary/aromatic N) is 3. The maximum absolute atomic E-state index is 12.7. The zero-order valence-electron chi connectivity index (χ0n) is 17.9. The second kappa shape index (κ2) is 10.2. The molecule has 2 heterocycles. The van der Waals surface area contributed by atoms with Gasteiger partial charge in [-0.1, -0.05) is 26.0 Å². The molecule has 2 aliphatic rings. The minimum Gasteiger partial charge on any atom is -0.378 e. The summed E-state index contributed by atoms with van der Waals surface area (Å²) < 4.78 is 5.31. The zero-order valence-corrected chi connectivity index (χ0v) is 17.9. The van der Waals surface area contributed by atoms with Crippen molar-refractivity contribution in [1.29, 1.82) is 0 Å². The lowest BCUT2D eigenvalue weighted by Crippen LogP contribution is -2.55. The molecule has 2 saturated heterocycles. The van der Waals surface area contributed by atoms with Gasteiger partial charge < -0.3 is 15.0 Å². The number of ether oxygens (including phenoxy) is 1. The highest BCUT2D eigenvalue weighted by Crippen LogP contribution is 2.18. The first-order valence-corrected chi connectivity index (χ1v) is 10.7. The van der Waals surface area contributed by atoms with E-state index in [0.717, 1.165) is 31.9 Å². The summed E-state index contributed by atoms with van der Waals surface area (Å²) in [5.74, 6) is 0.669. The standard InChI is InChI=1S/C22H34N4O3/c1-17(2)19-4-6-20(7-5-19)23-22(28)18(3)25-10-8-24(9-11-25)16-21(27)26-12-14-29-15-13-26/h4-7,17-18H,8-16H2,1-3H3,(H,23,28)/t18-/m0/s1. The summed E-state index contributed by atoms with van der Waals surface area (Å²) in [7, 11) is 0. The molecule has 1 N–H and O–H groups in total. The van der Waals surface area contributed by atoms with Crippen molar-refractivity contribution in [2.75, 3.05) is 64.3 Å². The smallest absolute Gasteiger partial charge is 0.241 e. The Bertz CT molecular complexity index is 678. The van der Waals surface area contributed by atoms with E-state index in [4.69, 9.17) is 4.74 Å². The van der Waals surface area contributed by atoms with E-state index in [2.05, 4.69) is 41.1 Å². The van der Waals surface area contributed by atoms with Crippen molar-refractivity contribution in [3.05, 3.63) is 29.8 Å². The summed E-state index contributed by atoms with van der Waals surface area (Å²) in [5.41, 5.74) is 2.10. The van der Waals surface area contributed by atoms with Crippen molar-refractivity contribution in [2.45, 2.75) is 32.7 Å². The van der Waals surface area contributed by atoms with Crippen molar-refractivity contribution in [1.82, 2.24) is 14.7 Å². The number of hydrogen-bond donors (Lipinski definition) is 1. The topological polar surface area (TPSA) is 65.1 Å². The van der Waals surface area contributed by atoms with Crippen LogP contribution in [0.4, 0.5) is 5.69 Å². The summed E-state index contributed by atoms with van der Waals surface area (Å²) >= 11 is 0. The first-order valence-electron chi connectivity index (χ1n) is 10.7. The van der Waals surface area contributed by atoms with Crippen LogP contribution in [0.25, 0.3) is 0 Å². The molecule has 1 aromatic rings. The van der Waals surface area contributed by atoms with Gasteiger partial charge in [0.15, 0.2) is 0 Å². The van der Waals surface area contributed by atoms with E-state index in [1.54, 1.807) is 0 Å². The van der Waals surface area contributed by atoms with Crippen molar-refractivity contribution < 1.29 is 14.3 Å². The Kier molecular flexibility index (Phi) is 7.64. The van der Waals surface area contributed by atoms with Crippen molar-refractivity contribution in [3.63, 3.8) is 0 Å². The van der Waals surface area contributed by atoms with Crippen LogP contribution < -0.4 is 5.32 Å². The Hall–Kier alpha value is -1.96. The van der Waals surface area contributed by atoms with Gasteiger partial charge in [0.1, 0.15) is 0 Å². The van der Waals surface area contributed by atoms with Crippen molar-refractivity contribution in [3.8, 4) is 0 Å². The quantitative estimate of drug-likeness (QED) is 0.783. The Morgan fingerprint density at radius 2 is 1.59 bits per heavy atom. The van der Waals surface area contributed by atoms with Crippen LogP contribution in [0, 0.1) is 0 Å². The third kappa shape index (κ3) is 6.01. The molecule has 0 unspecified atom stereocenters. The average molecular weight is 403 g/mol. The van der Waals surface area contributed by atoms with E-state index >= 15 is 0 Å². The van der Waals surface area contributed by atoms with Crippen LogP contribution in [0.1, 0.15) is 32.3 Å². The number of amides is 2. The molecular formula is C22H34N4O3. The fraction of sp³-hybridized carbons (Fsp3) is 0.636. The molecule has 3 rings (SSSR count). The zero-order chi connectivity index (χ0) is 20.8. The molecule has 2 fully saturated rings. The maximum atomic E-state index is 12.7. The molecule has 0 aromatic heterocycles. The number of morpholine rings is 1. The first-order chi connectivity index (χ1) is 13.9. The van der Waals surface area contributed by atoms with E-state index < -0.39 is 0 Å². The molecular weight excluding hydrogens is 368 g/mol. The summed E-state index contributed by atoms with van der Waals surface area (Å²) in [4.78, 5) is 31.3. The Labute approximate surface area is 174 Å². The van der Waals surface area contributed by atoms with Crippen LogP contribution in [-0.2, 0) is 14.3 Å². The van der Waals surface area contributed by atoms with Gasteiger partial charge in [0, 0.05) is 45.0 Å². The van der Waals surface area contributed by atoms with Crippen LogP contribution in [0.2, 0.25) is 0 Å². The maximum Gasteiger partial charge on any atom is 0.241 e. The normalized spacial score (nSPS) is 19.9. The van der Waals surface area contributed by atoms with Crippen LogP contribution in [0.15, 0.2) is 24.3 Å². The highest BCUT2D eigenvalue weighted by Gasteiger charge is 2.27. The highest BCUT2D eigenvalue weighted by molar-refractivity contribution is 5.94. The summed E-state index contributed by atoms with van der Waals surface area (Å²) in [6, 6.07) is 7.87. The summed E-state index contributed by atoms with van der Waals surface area (Å²) in [6.45, 7) is 12.5. The van der Waals surface area contributed by atoms with Gasteiger partial charge in [-0.2, -0.15) is 0 Å². The van der Waals surface area contributed by atoms with Gasteiger partial charge in [-0.05, 0) is 30.5 Å². The molecule has 160 valence electrons. The van der Waals surface area contributed by atoms with E-state index in [-0.39, 0.29) is 17.9 Å². The van der Waals surface area contributed by atoms with Crippen LogP contribution in [0.5, 0.6) is 0 Å². The molecule has 0 bridgehead atoms. The third-order valence-corrected chi connectivity index (χ3v) is 5.90. The molecule has 2 amide bonds. The van der Waals surface area contributed by atoms with Gasteiger partial charge in [0.2, 0.25) is 11.8 Å². The number of carbonyl (C=O) groups is 2. The number of nitrogens with one attached hydrogen (secondary N) is 1. The van der Waals surface area contributed by atoms with Gasteiger partial charge in [0.25, 0.3) is 0 Å². The fourth-order valence-electron chi connectivity index (χ4n) is 3.78. The Balaban J connectivity index is 1.43. The number of carbonyl (C=O) groups excluding carboxylic acids is 2. The lowest BCUT2D eigenvalue weighted by Gasteiger charge is -2.38. The van der Waals surface area contributed by atoms with E-state index in [1.165, 1.54) is 5.56 Å². The predicted octanol–water partition coefficient (Wildman–Crippen LogP) is 1.61. The van der Waals surface area contributed by atoms with Gasteiger partial charge in [-0.3, -0.25) is 19.4 Å².